The lowest BCUT2D eigenvalue weighted by atomic mass is 10.1. The minimum atomic E-state index is -0.650. The summed E-state index contributed by atoms with van der Waals surface area (Å²) in [6.45, 7) is 5.03. The highest BCUT2D eigenvalue weighted by molar-refractivity contribution is 5.63. The van der Waals surface area contributed by atoms with Gasteiger partial charge in [-0.1, -0.05) is 102 Å². The van der Waals surface area contributed by atoms with Gasteiger partial charge in [-0.15, -0.1) is 6.58 Å². The average molecular weight is 432 g/mol. The Bertz CT molecular complexity index is 932. The molecule has 32 heavy (non-hydrogen) atoms. The molecule has 1 N–H and O–H groups in total. The van der Waals surface area contributed by atoms with Crippen LogP contribution in [0.1, 0.15) is 16.7 Å². The molecule has 3 rings (SSSR count). The molecule has 0 saturated heterocycles. The van der Waals surface area contributed by atoms with Gasteiger partial charge < -0.3 is 19.4 Å². The van der Waals surface area contributed by atoms with Crippen molar-refractivity contribution >= 4 is 6.21 Å². The summed E-state index contributed by atoms with van der Waals surface area (Å²) < 4.78 is 18.5. The fourth-order valence-corrected chi connectivity index (χ4v) is 3.26. The monoisotopic (exact) mass is 431 g/mol. The molecule has 0 fully saturated rings. The Hall–Kier alpha value is -3.25. The molecule has 0 heterocycles. The lowest BCUT2D eigenvalue weighted by Crippen LogP contribution is -2.42. The zero-order chi connectivity index (χ0) is 22.4. The van der Waals surface area contributed by atoms with Crippen molar-refractivity contribution < 1.29 is 19.4 Å². The van der Waals surface area contributed by atoms with E-state index in [0.29, 0.717) is 19.8 Å². The number of benzene rings is 3. The lowest BCUT2D eigenvalue weighted by Gasteiger charge is -2.30. The van der Waals surface area contributed by atoms with Crippen molar-refractivity contribution in [2.45, 2.75) is 38.1 Å². The molecule has 3 atom stereocenters. The molecule has 0 amide bonds. The number of nitrogens with zero attached hydrogens (tertiary/aromatic N) is 1. The Labute approximate surface area is 189 Å². The van der Waals surface area contributed by atoms with Crippen LogP contribution in [0.2, 0.25) is 0 Å². The van der Waals surface area contributed by atoms with E-state index in [9.17, 15) is 5.21 Å². The van der Waals surface area contributed by atoms with Crippen molar-refractivity contribution in [3.05, 3.63) is 120 Å². The molecule has 5 nitrogen and oxygen atoms in total. The van der Waals surface area contributed by atoms with Gasteiger partial charge in [0.25, 0.3) is 0 Å². The van der Waals surface area contributed by atoms with Crippen LogP contribution in [0.3, 0.4) is 0 Å². The third kappa shape index (κ3) is 7.46. The summed E-state index contributed by atoms with van der Waals surface area (Å²) in [5, 5.41) is 12.5. The molecule has 0 radical (unpaired) electrons. The second-order valence-electron chi connectivity index (χ2n) is 7.28. The third-order valence-corrected chi connectivity index (χ3v) is 4.95. The van der Waals surface area contributed by atoms with E-state index in [1.165, 1.54) is 6.21 Å². The summed E-state index contributed by atoms with van der Waals surface area (Å²) in [6.07, 6.45) is 1.32. The predicted octanol–water partition coefficient (Wildman–Crippen LogP) is 5.39. The maximum atomic E-state index is 9.30. The van der Waals surface area contributed by atoms with E-state index >= 15 is 0 Å². The van der Waals surface area contributed by atoms with E-state index in [0.717, 1.165) is 16.7 Å². The molecule has 0 aromatic heterocycles. The molecular weight excluding hydrogens is 402 g/mol. The van der Waals surface area contributed by atoms with Crippen LogP contribution in [0.5, 0.6) is 0 Å². The van der Waals surface area contributed by atoms with Gasteiger partial charge in [0.05, 0.1) is 26.0 Å². The Balaban J connectivity index is 1.75. The van der Waals surface area contributed by atoms with Gasteiger partial charge in [0.2, 0.25) is 0 Å². The van der Waals surface area contributed by atoms with Gasteiger partial charge in [0.1, 0.15) is 18.3 Å². The minimum Gasteiger partial charge on any atom is -0.411 e. The maximum absolute atomic E-state index is 9.30. The number of ether oxygens (including phenoxy) is 3. The zero-order valence-electron chi connectivity index (χ0n) is 18.0. The Morgan fingerprint density at radius 1 is 0.656 bits per heavy atom. The summed E-state index contributed by atoms with van der Waals surface area (Å²) in [5.41, 5.74) is 3.07. The topological polar surface area (TPSA) is 60.3 Å². The van der Waals surface area contributed by atoms with Crippen molar-refractivity contribution in [2.75, 3.05) is 0 Å². The van der Waals surface area contributed by atoms with E-state index in [1.54, 1.807) is 6.08 Å². The zero-order valence-corrected chi connectivity index (χ0v) is 18.0. The van der Waals surface area contributed by atoms with Crippen molar-refractivity contribution in [1.82, 2.24) is 0 Å². The molecule has 3 aromatic carbocycles. The average Bonchev–Trinajstić information content (AvgIpc) is 2.86. The fourth-order valence-electron chi connectivity index (χ4n) is 3.26. The van der Waals surface area contributed by atoms with Crippen molar-refractivity contribution in [3.8, 4) is 0 Å². The van der Waals surface area contributed by atoms with Gasteiger partial charge in [0, 0.05) is 0 Å². The molecule has 0 unspecified atom stereocenters. The van der Waals surface area contributed by atoms with Gasteiger partial charge in [-0.25, -0.2) is 0 Å². The first kappa shape index (κ1) is 23.4. The van der Waals surface area contributed by atoms with Crippen molar-refractivity contribution in [2.24, 2.45) is 5.16 Å². The summed E-state index contributed by atoms with van der Waals surface area (Å²) in [6, 6.07) is 29.6. The van der Waals surface area contributed by atoms with E-state index in [4.69, 9.17) is 14.2 Å². The molecule has 3 aromatic rings. The number of hydrogen-bond acceptors (Lipinski definition) is 5. The van der Waals surface area contributed by atoms with E-state index < -0.39 is 18.3 Å². The molecule has 166 valence electrons. The van der Waals surface area contributed by atoms with Gasteiger partial charge >= 0.3 is 0 Å². The molecule has 0 aliphatic carbocycles. The number of oxime groups is 1. The highest BCUT2D eigenvalue weighted by Gasteiger charge is 2.30. The maximum Gasteiger partial charge on any atom is 0.125 e. The SMILES string of the molecule is C=C[C@@H](OCc1ccccc1)[C@H](OCc1ccccc1)[C@@H](/C=N\O)OCc1ccccc1. The summed E-state index contributed by atoms with van der Waals surface area (Å²) in [5.74, 6) is 0. The standard InChI is InChI=1S/C27H29NO4/c1-2-25(30-19-22-12-6-3-7-13-22)27(32-21-24-16-10-5-11-17-24)26(18-28-29)31-20-23-14-8-4-9-15-23/h2-18,25-27,29H,1,19-21H2/b28-18-/t25-,26-,27+/m1/s1. The normalized spacial score (nSPS) is 14.1. The predicted molar refractivity (Wildman–Crippen MR) is 126 cm³/mol. The first-order valence-electron chi connectivity index (χ1n) is 10.6. The minimum absolute atomic E-state index is 0.339. The molecule has 0 aliphatic rings. The Morgan fingerprint density at radius 3 is 1.47 bits per heavy atom. The molecule has 5 heteroatoms. The molecule has 0 aliphatic heterocycles. The smallest absolute Gasteiger partial charge is 0.125 e. The van der Waals surface area contributed by atoms with E-state index in [2.05, 4.69) is 11.7 Å². The van der Waals surface area contributed by atoms with Crippen LogP contribution in [0, 0.1) is 0 Å². The van der Waals surface area contributed by atoms with Crippen LogP contribution < -0.4 is 0 Å². The largest absolute Gasteiger partial charge is 0.411 e. The van der Waals surface area contributed by atoms with Gasteiger partial charge in [0.15, 0.2) is 0 Å². The highest BCUT2D eigenvalue weighted by atomic mass is 16.6. The van der Waals surface area contributed by atoms with Gasteiger partial charge in [-0.2, -0.15) is 0 Å². The second kappa shape index (κ2) is 13.2. The van der Waals surface area contributed by atoms with Crippen LogP contribution in [0.25, 0.3) is 0 Å². The number of hydrogen-bond donors (Lipinski definition) is 1. The molecule has 0 bridgehead atoms. The van der Waals surface area contributed by atoms with Gasteiger partial charge in [-0.3, -0.25) is 0 Å². The van der Waals surface area contributed by atoms with Crippen molar-refractivity contribution in [1.29, 1.82) is 0 Å². The van der Waals surface area contributed by atoms with Crippen LogP contribution in [0.4, 0.5) is 0 Å². The second-order valence-corrected chi connectivity index (χ2v) is 7.28. The quantitative estimate of drug-likeness (QED) is 0.171. The summed E-state index contributed by atoms with van der Waals surface area (Å²) in [4.78, 5) is 0. The lowest BCUT2D eigenvalue weighted by molar-refractivity contribution is -0.116. The fraction of sp³-hybridized carbons (Fsp3) is 0.222. The van der Waals surface area contributed by atoms with E-state index in [1.807, 2.05) is 91.0 Å². The summed E-state index contributed by atoms with van der Waals surface area (Å²) >= 11 is 0. The first-order chi connectivity index (χ1) is 15.8. The molecule has 0 saturated carbocycles. The highest BCUT2D eigenvalue weighted by Crippen LogP contribution is 2.18. The van der Waals surface area contributed by atoms with Crippen LogP contribution >= 0.6 is 0 Å². The van der Waals surface area contributed by atoms with Crippen molar-refractivity contribution in [3.63, 3.8) is 0 Å². The van der Waals surface area contributed by atoms with Crippen LogP contribution in [-0.4, -0.2) is 29.7 Å². The first-order valence-corrected chi connectivity index (χ1v) is 10.6. The summed E-state index contributed by atoms with van der Waals surface area (Å²) in [7, 11) is 0. The number of rotatable bonds is 13. The van der Waals surface area contributed by atoms with Crippen LogP contribution in [-0.2, 0) is 34.0 Å². The van der Waals surface area contributed by atoms with Gasteiger partial charge in [-0.05, 0) is 16.7 Å². The van der Waals surface area contributed by atoms with Crippen LogP contribution in [0.15, 0.2) is 109 Å². The molecule has 0 spiro atoms. The Kier molecular flexibility index (Phi) is 9.68. The third-order valence-electron chi connectivity index (χ3n) is 4.95. The van der Waals surface area contributed by atoms with E-state index in [-0.39, 0.29) is 0 Å². The molecular formula is C27H29NO4. The Morgan fingerprint density at radius 2 is 1.06 bits per heavy atom.